The highest BCUT2D eigenvalue weighted by atomic mass is 16.4. The van der Waals surface area contributed by atoms with Crippen LogP contribution in [0.5, 0.6) is 0 Å². The summed E-state index contributed by atoms with van der Waals surface area (Å²) in [5.41, 5.74) is 0. The third-order valence-electron chi connectivity index (χ3n) is 3.91. The minimum atomic E-state index is -0.798. The van der Waals surface area contributed by atoms with Gasteiger partial charge >= 0.3 is 12.0 Å². The number of nitrogens with one attached hydrogen (secondary N) is 1. The number of hydrogen-bond donors (Lipinski definition) is 2. The molecule has 1 fully saturated rings. The van der Waals surface area contributed by atoms with Crippen LogP contribution >= 0.6 is 0 Å². The first-order valence-electron chi connectivity index (χ1n) is 7.59. The van der Waals surface area contributed by atoms with Crippen LogP contribution in [0, 0.1) is 17.8 Å². The van der Waals surface area contributed by atoms with Crippen molar-refractivity contribution in [2.24, 2.45) is 17.8 Å². The van der Waals surface area contributed by atoms with Gasteiger partial charge in [0, 0.05) is 26.6 Å². The zero-order valence-electron chi connectivity index (χ0n) is 12.9. The van der Waals surface area contributed by atoms with Crippen molar-refractivity contribution in [2.45, 2.75) is 46.0 Å². The monoisotopic (exact) mass is 284 g/mol. The zero-order chi connectivity index (χ0) is 15.1. The first kappa shape index (κ1) is 16.8. The van der Waals surface area contributed by atoms with Crippen LogP contribution in [0.25, 0.3) is 0 Å². The minimum Gasteiger partial charge on any atom is -0.481 e. The summed E-state index contributed by atoms with van der Waals surface area (Å²) in [4.78, 5) is 24.5. The molecule has 116 valence electrons. The molecule has 1 atom stereocenters. The van der Waals surface area contributed by atoms with Gasteiger partial charge < -0.3 is 15.3 Å². The minimum absolute atomic E-state index is 0.00792. The fourth-order valence-corrected chi connectivity index (χ4v) is 2.66. The first-order valence-corrected chi connectivity index (χ1v) is 7.59. The Balaban J connectivity index is 2.32. The van der Waals surface area contributed by atoms with Crippen molar-refractivity contribution < 1.29 is 14.7 Å². The fraction of sp³-hybridized carbons (Fsp3) is 0.867. The van der Waals surface area contributed by atoms with Crippen molar-refractivity contribution in [1.82, 2.24) is 10.2 Å². The molecule has 0 aliphatic heterocycles. The van der Waals surface area contributed by atoms with Crippen LogP contribution in [-0.4, -0.2) is 42.1 Å². The lowest BCUT2D eigenvalue weighted by Crippen LogP contribution is -2.43. The maximum absolute atomic E-state index is 12.0. The van der Waals surface area contributed by atoms with Gasteiger partial charge in [0.2, 0.25) is 0 Å². The van der Waals surface area contributed by atoms with E-state index in [9.17, 15) is 9.59 Å². The molecule has 1 aliphatic carbocycles. The smallest absolute Gasteiger partial charge is 0.317 e. The molecule has 0 bridgehead atoms. The van der Waals surface area contributed by atoms with E-state index in [2.05, 4.69) is 19.2 Å². The third-order valence-corrected chi connectivity index (χ3v) is 3.91. The molecule has 0 radical (unpaired) electrons. The topological polar surface area (TPSA) is 69.6 Å². The van der Waals surface area contributed by atoms with Gasteiger partial charge in [-0.1, -0.05) is 20.3 Å². The van der Waals surface area contributed by atoms with Crippen LogP contribution in [0.4, 0.5) is 4.79 Å². The number of hydrogen-bond acceptors (Lipinski definition) is 2. The van der Waals surface area contributed by atoms with Gasteiger partial charge in [0.15, 0.2) is 0 Å². The summed E-state index contributed by atoms with van der Waals surface area (Å²) in [6, 6.07) is -0.0870. The quantitative estimate of drug-likeness (QED) is 0.719. The van der Waals surface area contributed by atoms with Gasteiger partial charge in [-0.05, 0) is 37.0 Å². The van der Waals surface area contributed by atoms with Gasteiger partial charge in [-0.15, -0.1) is 0 Å². The molecule has 5 nitrogen and oxygen atoms in total. The number of rotatable bonds is 8. The van der Waals surface area contributed by atoms with Crippen molar-refractivity contribution in [3.8, 4) is 0 Å². The highest BCUT2D eigenvalue weighted by Crippen LogP contribution is 2.26. The zero-order valence-corrected chi connectivity index (χ0v) is 12.9. The summed E-state index contributed by atoms with van der Waals surface area (Å²) in [5.74, 6) is 0.293. The van der Waals surface area contributed by atoms with E-state index in [0.717, 1.165) is 13.0 Å². The molecule has 0 aromatic heterocycles. The normalized spacial score (nSPS) is 16.6. The summed E-state index contributed by atoms with van der Waals surface area (Å²) in [6.07, 6.45) is 4.64. The molecule has 0 aromatic rings. The fourth-order valence-electron chi connectivity index (χ4n) is 2.66. The van der Waals surface area contributed by atoms with Gasteiger partial charge in [0.1, 0.15) is 0 Å². The van der Waals surface area contributed by atoms with E-state index in [1.54, 1.807) is 4.90 Å². The number of carboxylic acid groups (broad SMARTS) is 1. The second kappa shape index (κ2) is 8.12. The van der Waals surface area contributed by atoms with Crippen LogP contribution in [-0.2, 0) is 4.79 Å². The van der Waals surface area contributed by atoms with Crippen LogP contribution in [0.1, 0.15) is 46.0 Å². The highest BCUT2D eigenvalue weighted by Gasteiger charge is 2.22. The molecule has 2 N–H and O–H groups in total. The number of amides is 2. The molecule has 1 unspecified atom stereocenters. The Hall–Kier alpha value is -1.26. The van der Waals surface area contributed by atoms with E-state index < -0.39 is 5.97 Å². The average Bonchev–Trinajstić information content (AvgIpc) is 2.28. The predicted octanol–water partition coefficient (Wildman–Crippen LogP) is 2.56. The van der Waals surface area contributed by atoms with Crippen LogP contribution in [0.2, 0.25) is 0 Å². The summed E-state index contributed by atoms with van der Waals surface area (Å²) in [6.45, 7) is 5.39. The first-order chi connectivity index (χ1) is 9.38. The van der Waals surface area contributed by atoms with E-state index in [4.69, 9.17) is 5.11 Å². The summed E-state index contributed by atoms with van der Waals surface area (Å²) in [5, 5.41) is 11.8. The van der Waals surface area contributed by atoms with E-state index in [1.165, 1.54) is 19.3 Å². The Bertz CT molecular complexity index is 327. The molecule has 20 heavy (non-hydrogen) atoms. The van der Waals surface area contributed by atoms with Gasteiger partial charge in [-0.3, -0.25) is 4.79 Å². The van der Waals surface area contributed by atoms with Gasteiger partial charge in [-0.25, -0.2) is 4.79 Å². The number of carboxylic acids is 1. The lowest BCUT2D eigenvalue weighted by molar-refractivity contribution is -0.138. The molecular weight excluding hydrogens is 256 g/mol. The Morgan fingerprint density at radius 1 is 1.35 bits per heavy atom. The van der Waals surface area contributed by atoms with Crippen molar-refractivity contribution >= 4 is 12.0 Å². The molecule has 0 saturated heterocycles. The Kier molecular flexibility index (Phi) is 6.82. The second-order valence-electron chi connectivity index (χ2n) is 6.46. The Morgan fingerprint density at radius 2 is 2.00 bits per heavy atom. The third kappa shape index (κ3) is 6.26. The summed E-state index contributed by atoms with van der Waals surface area (Å²) in [7, 11) is 1.81. The maximum atomic E-state index is 12.0. The average molecular weight is 284 g/mol. The van der Waals surface area contributed by atoms with Gasteiger partial charge in [0.25, 0.3) is 0 Å². The van der Waals surface area contributed by atoms with Crippen molar-refractivity contribution in [3.05, 3.63) is 0 Å². The molecule has 0 aromatic carbocycles. The summed E-state index contributed by atoms with van der Waals surface area (Å²) >= 11 is 0. The highest BCUT2D eigenvalue weighted by molar-refractivity contribution is 5.74. The number of carbonyl (C=O) groups excluding carboxylic acids is 1. The van der Waals surface area contributed by atoms with E-state index in [0.29, 0.717) is 18.4 Å². The molecule has 1 rings (SSSR count). The Labute approximate surface area is 121 Å². The number of nitrogens with zero attached hydrogens (tertiary/aromatic N) is 1. The Morgan fingerprint density at radius 3 is 2.45 bits per heavy atom. The molecule has 0 spiro atoms. The van der Waals surface area contributed by atoms with Gasteiger partial charge in [-0.2, -0.15) is 0 Å². The van der Waals surface area contributed by atoms with Crippen molar-refractivity contribution in [3.63, 3.8) is 0 Å². The van der Waals surface area contributed by atoms with Crippen LogP contribution in [0.3, 0.4) is 0 Å². The number of carbonyl (C=O) groups is 2. The van der Waals surface area contributed by atoms with Crippen molar-refractivity contribution in [1.29, 1.82) is 0 Å². The molecule has 0 heterocycles. The standard InChI is InChI=1S/C15H28N2O3/c1-11(2)7-13(8-14(18)19)9-16-15(20)17(3)10-12-5-4-6-12/h11-13H,4-10H2,1-3H3,(H,16,20)(H,18,19). The van der Waals surface area contributed by atoms with E-state index in [-0.39, 0.29) is 18.4 Å². The van der Waals surface area contributed by atoms with Crippen molar-refractivity contribution in [2.75, 3.05) is 20.1 Å². The largest absolute Gasteiger partial charge is 0.481 e. The molecule has 1 saturated carbocycles. The van der Waals surface area contributed by atoms with Gasteiger partial charge in [0.05, 0.1) is 0 Å². The van der Waals surface area contributed by atoms with E-state index >= 15 is 0 Å². The molecule has 2 amide bonds. The van der Waals surface area contributed by atoms with Crippen LogP contribution in [0.15, 0.2) is 0 Å². The number of urea groups is 1. The molecule has 1 aliphatic rings. The SMILES string of the molecule is CC(C)CC(CNC(=O)N(C)CC1CCC1)CC(=O)O. The maximum Gasteiger partial charge on any atom is 0.317 e. The number of aliphatic carboxylic acids is 1. The lowest BCUT2D eigenvalue weighted by atomic mass is 9.85. The predicted molar refractivity (Wildman–Crippen MR) is 78.6 cm³/mol. The molecule has 5 heteroatoms. The molecular formula is C15H28N2O3. The van der Waals surface area contributed by atoms with Crippen LogP contribution < -0.4 is 5.32 Å². The van der Waals surface area contributed by atoms with E-state index in [1.807, 2.05) is 7.05 Å². The second-order valence-corrected chi connectivity index (χ2v) is 6.46. The lowest BCUT2D eigenvalue weighted by Gasteiger charge is -2.30. The summed E-state index contributed by atoms with van der Waals surface area (Å²) < 4.78 is 0.